The van der Waals surface area contributed by atoms with E-state index in [2.05, 4.69) is 25.8 Å². The molecule has 0 bridgehead atoms. The van der Waals surface area contributed by atoms with Gasteiger partial charge >= 0.3 is 0 Å². The molecule has 0 aliphatic carbocycles. The standard InChI is InChI=1S/C16H16N6O2/c1-12(16(23)18-10-13-3-2-8-17-9-13)24-15-6-4-14(5-7-15)22-11-19-20-21-22/h2-9,11-12H,10H2,1H3,(H,18,23)/t12-/m0/s1. The zero-order valence-corrected chi connectivity index (χ0v) is 13.0. The summed E-state index contributed by atoms with van der Waals surface area (Å²) in [5.41, 5.74) is 1.74. The third-order valence-corrected chi connectivity index (χ3v) is 3.32. The Morgan fingerprint density at radius 1 is 1.29 bits per heavy atom. The number of carbonyl (C=O) groups is 1. The molecule has 8 nitrogen and oxygen atoms in total. The van der Waals surface area contributed by atoms with Crippen LogP contribution in [0.1, 0.15) is 12.5 Å². The lowest BCUT2D eigenvalue weighted by Crippen LogP contribution is -2.35. The van der Waals surface area contributed by atoms with E-state index in [1.165, 1.54) is 11.0 Å². The summed E-state index contributed by atoms with van der Waals surface area (Å²) in [6.07, 6.45) is 4.30. The van der Waals surface area contributed by atoms with Crippen LogP contribution in [-0.2, 0) is 11.3 Å². The fourth-order valence-electron chi connectivity index (χ4n) is 2.05. The van der Waals surface area contributed by atoms with Crippen molar-refractivity contribution in [3.8, 4) is 11.4 Å². The highest BCUT2D eigenvalue weighted by Gasteiger charge is 2.14. The fourth-order valence-corrected chi connectivity index (χ4v) is 2.05. The minimum Gasteiger partial charge on any atom is -0.481 e. The molecule has 0 saturated heterocycles. The number of ether oxygens (including phenoxy) is 1. The summed E-state index contributed by atoms with van der Waals surface area (Å²) in [6, 6.07) is 10.9. The number of carbonyl (C=O) groups excluding carboxylic acids is 1. The van der Waals surface area contributed by atoms with Crippen LogP contribution in [0.25, 0.3) is 5.69 Å². The summed E-state index contributed by atoms with van der Waals surface area (Å²) < 4.78 is 7.18. The zero-order valence-electron chi connectivity index (χ0n) is 13.0. The van der Waals surface area contributed by atoms with E-state index in [1.54, 1.807) is 31.5 Å². The van der Waals surface area contributed by atoms with Crippen molar-refractivity contribution in [2.75, 3.05) is 0 Å². The van der Waals surface area contributed by atoms with Crippen molar-refractivity contribution < 1.29 is 9.53 Å². The van der Waals surface area contributed by atoms with Crippen LogP contribution in [0, 0.1) is 0 Å². The van der Waals surface area contributed by atoms with Crippen molar-refractivity contribution in [2.45, 2.75) is 19.6 Å². The third-order valence-electron chi connectivity index (χ3n) is 3.32. The first-order valence-electron chi connectivity index (χ1n) is 7.39. The van der Waals surface area contributed by atoms with Gasteiger partial charge < -0.3 is 10.1 Å². The molecule has 1 N–H and O–H groups in total. The van der Waals surface area contributed by atoms with Gasteiger partial charge in [0, 0.05) is 18.9 Å². The van der Waals surface area contributed by atoms with Gasteiger partial charge in [-0.25, -0.2) is 4.68 Å². The Kier molecular flexibility index (Phi) is 4.76. The predicted molar refractivity (Wildman–Crippen MR) is 85.3 cm³/mol. The molecule has 3 aromatic rings. The van der Waals surface area contributed by atoms with Gasteiger partial charge in [-0.3, -0.25) is 9.78 Å². The zero-order chi connectivity index (χ0) is 16.8. The molecule has 0 unspecified atom stereocenters. The second-order valence-corrected chi connectivity index (χ2v) is 5.09. The number of amides is 1. The van der Waals surface area contributed by atoms with E-state index >= 15 is 0 Å². The number of nitrogens with zero attached hydrogens (tertiary/aromatic N) is 5. The molecule has 0 radical (unpaired) electrons. The summed E-state index contributed by atoms with van der Waals surface area (Å²) in [5, 5.41) is 13.8. The lowest BCUT2D eigenvalue weighted by molar-refractivity contribution is -0.127. The molecule has 1 amide bonds. The van der Waals surface area contributed by atoms with E-state index in [0.717, 1.165) is 11.3 Å². The molecule has 0 aliphatic heterocycles. The molecule has 0 fully saturated rings. The Morgan fingerprint density at radius 3 is 2.79 bits per heavy atom. The molecule has 2 aromatic heterocycles. The van der Waals surface area contributed by atoms with Crippen molar-refractivity contribution >= 4 is 5.91 Å². The number of rotatable bonds is 6. The molecule has 0 spiro atoms. The van der Waals surface area contributed by atoms with Gasteiger partial charge in [0.15, 0.2) is 6.10 Å². The predicted octanol–water partition coefficient (Wildman–Crippen LogP) is 1.14. The Balaban J connectivity index is 1.54. The molecular weight excluding hydrogens is 308 g/mol. The molecule has 2 heterocycles. The van der Waals surface area contributed by atoms with Crippen molar-refractivity contribution in [3.05, 3.63) is 60.7 Å². The van der Waals surface area contributed by atoms with Crippen LogP contribution in [-0.4, -0.2) is 37.2 Å². The van der Waals surface area contributed by atoms with Crippen molar-refractivity contribution in [3.63, 3.8) is 0 Å². The van der Waals surface area contributed by atoms with Gasteiger partial charge in [-0.05, 0) is 53.2 Å². The third kappa shape index (κ3) is 3.92. The van der Waals surface area contributed by atoms with Gasteiger partial charge in [0.2, 0.25) is 0 Å². The quantitative estimate of drug-likeness (QED) is 0.730. The highest BCUT2D eigenvalue weighted by Crippen LogP contribution is 2.15. The number of tetrazole rings is 1. The average molecular weight is 324 g/mol. The van der Waals surface area contributed by atoms with Gasteiger partial charge in [-0.2, -0.15) is 0 Å². The summed E-state index contributed by atoms with van der Waals surface area (Å²) in [5.74, 6) is 0.402. The van der Waals surface area contributed by atoms with Gasteiger partial charge in [-0.15, -0.1) is 5.10 Å². The Bertz CT molecular complexity index is 774. The van der Waals surface area contributed by atoms with Crippen LogP contribution in [0.4, 0.5) is 0 Å². The average Bonchev–Trinajstić information content (AvgIpc) is 3.16. The number of benzene rings is 1. The normalized spacial score (nSPS) is 11.7. The summed E-state index contributed by atoms with van der Waals surface area (Å²) >= 11 is 0. The summed E-state index contributed by atoms with van der Waals surface area (Å²) in [4.78, 5) is 16.1. The topological polar surface area (TPSA) is 94.8 Å². The number of nitrogens with one attached hydrogen (secondary N) is 1. The summed E-state index contributed by atoms with van der Waals surface area (Å²) in [7, 11) is 0. The number of pyridine rings is 1. The highest BCUT2D eigenvalue weighted by atomic mass is 16.5. The minimum atomic E-state index is -0.611. The maximum atomic E-state index is 12.1. The SMILES string of the molecule is C[C@H](Oc1ccc(-n2cnnn2)cc1)C(=O)NCc1cccnc1. The maximum absolute atomic E-state index is 12.1. The molecular formula is C16H16N6O2. The lowest BCUT2D eigenvalue weighted by Gasteiger charge is -2.15. The van der Waals surface area contributed by atoms with Crippen LogP contribution in [0.15, 0.2) is 55.1 Å². The molecule has 122 valence electrons. The Hall–Kier alpha value is -3.29. The van der Waals surface area contributed by atoms with Crippen LogP contribution < -0.4 is 10.1 Å². The molecule has 1 aromatic carbocycles. The first-order chi connectivity index (χ1) is 11.7. The minimum absolute atomic E-state index is 0.191. The monoisotopic (exact) mass is 324 g/mol. The van der Waals surface area contributed by atoms with Crippen LogP contribution in [0.5, 0.6) is 5.75 Å². The number of aromatic nitrogens is 5. The number of hydrogen-bond donors (Lipinski definition) is 1. The summed E-state index contributed by atoms with van der Waals surface area (Å²) in [6.45, 7) is 2.12. The van der Waals surface area contributed by atoms with Crippen molar-refractivity contribution in [1.82, 2.24) is 30.5 Å². The largest absolute Gasteiger partial charge is 0.481 e. The van der Waals surface area contributed by atoms with E-state index < -0.39 is 6.10 Å². The Labute approximate surface area is 138 Å². The second-order valence-electron chi connectivity index (χ2n) is 5.09. The molecule has 0 aliphatic rings. The van der Waals surface area contributed by atoms with Gasteiger partial charge in [-0.1, -0.05) is 6.07 Å². The van der Waals surface area contributed by atoms with Gasteiger partial charge in [0.1, 0.15) is 12.1 Å². The van der Waals surface area contributed by atoms with Gasteiger partial charge in [0.25, 0.3) is 5.91 Å². The molecule has 24 heavy (non-hydrogen) atoms. The van der Waals surface area contributed by atoms with Crippen LogP contribution in [0.3, 0.4) is 0 Å². The Morgan fingerprint density at radius 2 is 2.12 bits per heavy atom. The smallest absolute Gasteiger partial charge is 0.261 e. The van der Waals surface area contributed by atoms with E-state index in [-0.39, 0.29) is 5.91 Å². The number of hydrogen-bond acceptors (Lipinski definition) is 6. The van der Waals surface area contributed by atoms with E-state index in [4.69, 9.17) is 4.74 Å². The van der Waals surface area contributed by atoms with Gasteiger partial charge in [0.05, 0.1) is 5.69 Å². The molecule has 0 saturated carbocycles. The van der Waals surface area contributed by atoms with E-state index in [0.29, 0.717) is 12.3 Å². The molecule has 3 rings (SSSR count). The van der Waals surface area contributed by atoms with Crippen LogP contribution >= 0.6 is 0 Å². The van der Waals surface area contributed by atoms with E-state index in [1.807, 2.05) is 24.3 Å². The highest BCUT2D eigenvalue weighted by molar-refractivity contribution is 5.80. The van der Waals surface area contributed by atoms with Crippen molar-refractivity contribution in [2.24, 2.45) is 0 Å². The maximum Gasteiger partial charge on any atom is 0.261 e. The lowest BCUT2D eigenvalue weighted by atomic mass is 10.2. The first-order valence-corrected chi connectivity index (χ1v) is 7.39. The first kappa shape index (κ1) is 15.6. The second kappa shape index (κ2) is 7.32. The molecule has 1 atom stereocenters. The van der Waals surface area contributed by atoms with Crippen LogP contribution in [0.2, 0.25) is 0 Å². The fraction of sp³-hybridized carbons (Fsp3) is 0.188. The molecule has 8 heteroatoms. The van der Waals surface area contributed by atoms with Crippen molar-refractivity contribution in [1.29, 1.82) is 0 Å². The van der Waals surface area contributed by atoms with E-state index in [9.17, 15) is 4.79 Å².